The number of imide groups is 1. The molecule has 4 rings (SSSR count). The molecule has 5 nitrogen and oxygen atoms in total. The number of benzene rings is 1. The van der Waals surface area contributed by atoms with Crippen LogP contribution in [0.4, 0.5) is 0 Å². The smallest absolute Gasteiger partial charge is 0.261 e. The molecule has 2 fully saturated rings. The average molecular weight is 314 g/mol. The second-order valence-corrected chi connectivity index (χ2v) is 7.13. The van der Waals surface area contributed by atoms with Crippen LogP contribution in [0.5, 0.6) is 0 Å². The van der Waals surface area contributed by atoms with Crippen LogP contribution in [-0.2, 0) is 0 Å². The van der Waals surface area contributed by atoms with Crippen LogP contribution in [0.3, 0.4) is 0 Å². The predicted molar refractivity (Wildman–Crippen MR) is 85.2 cm³/mol. The largest absolute Gasteiger partial charge is 0.394 e. The summed E-state index contributed by atoms with van der Waals surface area (Å²) >= 11 is 0. The number of aliphatic hydroxyl groups is 1. The van der Waals surface area contributed by atoms with Gasteiger partial charge < -0.3 is 10.4 Å². The number of hydrogen-bond acceptors (Lipinski definition) is 4. The zero-order chi connectivity index (χ0) is 16.0. The lowest BCUT2D eigenvalue weighted by molar-refractivity contribution is 0.0526. The quantitative estimate of drug-likeness (QED) is 0.830. The molecule has 2 aliphatic carbocycles. The SMILES string of the molecule is O=C1c2ccccc2C(=O)N1[C@@H]1CCC[C@H](NC2(CO)CC2)C1. The van der Waals surface area contributed by atoms with Gasteiger partial charge in [0.1, 0.15) is 0 Å². The highest BCUT2D eigenvalue weighted by Crippen LogP contribution is 2.38. The van der Waals surface area contributed by atoms with Crippen LogP contribution in [-0.4, -0.2) is 46.1 Å². The third-order valence-corrected chi connectivity index (χ3v) is 5.50. The molecular weight excluding hydrogens is 292 g/mol. The van der Waals surface area contributed by atoms with Crippen LogP contribution in [0.25, 0.3) is 0 Å². The lowest BCUT2D eigenvalue weighted by Gasteiger charge is -2.36. The molecule has 0 unspecified atom stereocenters. The lowest BCUT2D eigenvalue weighted by Crippen LogP contribution is -2.50. The van der Waals surface area contributed by atoms with E-state index in [1.807, 2.05) is 0 Å². The monoisotopic (exact) mass is 314 g/mol. The molecule has 1 heterocycles. The van der Waals surface area contributed by atoms with Crippen molar-refractivity contribution >= 4 is 11.8 Å². The third kappa shape index (κ3) is 2.48. The zero-order valence-corrected chi connectivity index (χ0v) is 13.1. The summed E-state index contributed by atoms with van der Waals surface area (Å²) < 4.78 is 0. The summed E-state index contributed by atoms with van der Waals surface area (Å²) in [7, 11) is 0. The lowest BCUT2D eigenvalue weighted by atomic mass is 9.89. The Balaban J connectivity index is 1.50. The topological polar surface area (TPSA) is 69.6 Å². The van der Waals surface area contributed by atoms with Gasteiger partial charge in [0, 0.05) is 17.6 Å². The van der Waals surface area contributed by atoms with Gasteiger partial charge in [-0.05, 0) is 50.7 Å². The van der Waals surface area contributed by atoms with Crippen LogP contribution in [0.2, 0.25) is 0 Å². The van der Waals surface area contributed by atoms with Gasteiger partial charge in [0.2, 0.25) is 0 Å². The number of aliphatic hydroxyl groups excluding tert-OH is 1. The van der Waals surface area contributed by atoms with Crippen LogP contribution in [0, 0.1) is 0 Å². The number of nitrogens with zero attached hydrogens (tertiary/aromatic N) is 1. The minimum Gasteiger partial charge on any atom is -0.394 e. The van der Waals surface area contributed by atoms with Crippen LogP contribution in [0.15, 0.2) is 24.3 Å². The van der Waals surface area contributed by atoms with E-state index < -0.39 is 0 Å². The molecule has 0 bridgehead atoms. The van der Waals surface area contributed by atoms with Crippen molar-refractivity contribution in [3.05, 3.63) is 35.4 Å². The van der Waals surface area contributed by atoms with Gasteiger partial charge in [0.15, 0.2) is 0 Å². The Morgan fingerprint density at radius 1 is 1.13 bits per heavy atom. The molecule has 23 heavy (non-hydrogen) atoms. The summed E-state index contributed by atoms with van der Waals surface area (Å²) in [6, 6.07) is 7.31. The maximum Gasteiger partial charge on any atom is 0.261 e. The van der Waals surface area contributed by atoms with Gasteiger partial charge in [-0.2, -0.15) is 0 Å². The van der Waals surface area contributed by atoms with E-state index in [1.165, 1.54) is 4.90 Å². The van der Waals surface area contributed by atoms with E-state index >= 15 is 0 Å². The van der Waals surface area contributed by atoms with Crippen LogP contribution < -0.4 is 5.32 Å². The van der Waals surface area contributed by atoms with Crippen molar-refractivity contribution in [1.82, 2.24) is 10.2 Å². The molecular formula is C18H22N2O3. The van der Waals surface area contributed by atoms with E-state index in [0.29, 0.717) is 11.1 Å². The van der Waals surface area contributed by atoms with Gasteiger partial charge in [-0.1, -0.05) is 12.1 Å². The Hall–Kier alpha value is -1.72. The maximum absolute atomic E-state index is 12.6. The summed E-state index contributed by atoms with van der Waals surface area (Å²) in [5.41, 5.74) is 0.956. The first-order chi connectivity index (χ1) is 11.1. The van der Waals surface area contributed by atoms with Gasteiger partial charge in [-0.25, -0.2) is 0 Å². The maximum atomic E-state index is 12.6. The van der Waals surface area contributed by atoms with E-state index in [-0.39, 0.29) is 36.0 Å². The molecule has 2 saturated carbocycles. The van der Waals surface area contributed by atoms with E-state index in [2.05, 4.69) is 5.32 Å². The van der Waals surface area contributed by atoms with Crippen molar-refractivity contribution in [2.45, 2.75) is 56.1 Å². The fourth-order valence-corrected chi connectivity index (χ4v) is 4.00. The Labute approximate surface area is 135 Å². The predicted octanol–water partition coefficient (Wildman–Crippen LogP) is 1.71. The molecule has 0 saturated heterocycles. The van der Waals surface area contributed by atoms with E-state index in [9.17, 15) is 14.7 Å². The summed E-state index contributed by atoms with van der Waals surface area (Å²) in [6.45, 7) is 0.168. The molecule has 0 spiro atoms. The first-order valence-electron chi connectivity index (χ1n) is 8.49. The number of hydrogen-bond donors (Lipinski definition) is 2. The number of amides is 2. The van der Waals surface area contributed by atoms with Gasteiger partial charge in [0.25, 0.3) is 11.8 Å². The Bertz CT molecular complexity index is 618. The standard InChI is InChI=1S/C18H22N2O3/c21-11-18(8-9-18)19-12-4-3-5-13(10-12)20-16(22)14-6-1-2-7-15(14)17(20)23/h1-2,6-7,12-13,19,21H,3-5,8-11H2/t12-,13+/m0/s1. The average Bonchev–Trinajstić information content (AvgIpc) is 3.30. The molecule has 3 aliphatic rings. The zero-order valence-electron chi connectivity index (χ0n) is 13.1. The minimum atomic E-state index is -0.153. The second-order valence-electron chi connectivity index (χ2n) is 7.13. The molecule has 5 heteroatoms. The second kappa shape index (κ2) is 5.42. The number of carbonyl (C=O) groups excluding carboxylic acids is 2. The fraction of sp³-hybridized carbons (Fsp3) is 0.556. The molecule has 122 valence electrons. The Morgan fingerprint density at radius 3 is 2.35 bits per heavy atom. The van der Waals surface area contributed by atoms with Gasteiger partial charge in [-0.15, -0.1) is 0 Å². The fourth-order valence-electron chi connectivity index (χ4n) is 4.00. The normalized spacial score (nSPS) is 28.8. The number of carbonyl (C=O) groups is 2. The Kier molecular flexibility index (Phi) is 3.50. The molecule has 2 N–H and O–H groups in total. The van der Waals surface area contributed by atoms with Crippen molar-refractivity contribution < 1.29 is 14.7 Å². The highest BCUT2D eigenvalue weighted by atomic mass is 16.3. The van der Waals surface area contributed by atoms with Crippen molar-refractivity contribution in [2.24, 2.45) is 0 Å². The van der Waals surface area contributed by atoms with Crippen LogP contribution in [0.1, 0.15) is 59.2 Å². The number of rotatable bonds is 4. The van der Waals surface area contributed by atoms with Gasteiger partial charge in [0.05, 0.1) is 17.7 Å². The number of fused-ring (bicyclic) bond motifs is 1. The van der Waals surface area contributed by atoms with Crippen molar-refractivity contribution in [2.75, 3.05) is 6.61 Å². The van der Waals surface area contributed by atoms with E-state index in [1.54, 1.807) is 24.3 Å². The molecule has 2 amide bonds. The van der Waals surface area contributed by atoms with Gasteiger partial charge in [-0.3, -0.25) is 14.5 Å². The first kappa shape index (κ1) is 14.8. The molecule has 1 aromatic carbocycles. The van der Waals surface area contributed by atoms with E-state index in [4.69, 9.17) is 0 Å². The molecule has 0 aromatic heterocycles. The molecule has 1 aliphatic heterocycles. The van der Waals surface area contributed by atoms with E-state index in [0.717, 1.165) is 38.5 Å². The summed E-state index contributed by atoms with van der Waals surface area (Å²) in [5, 5.41) is 13.0. The Morgan fingerprint density at radius 2 is 1.78 bits per heavy atom. The third-order valence-electron chi connectivity index (χ3n) is 5.50. The summed E-state index contributed by atoms with van der Waals surface area (Å²) in [5.74, 6) is -0.306. The summed E-state index contributed by atoms with van der Waals surface area (Å²) in [6.07, 6.45) is 5.72. The first-order valence-corrected chi connectivity index (χ1v) is 8.49. The van der Waals surface area contributed by atoms with Crippen molar-refractivity contribution in [3.63, 3.8) is 0 Å². The molecule has 1 aromatic rings. The summed E-state index contributed by atoms with van der Waals surface area (Å²) in [4.78, 5) is 26.7. The van der Waals surface area contributed by atoms with Gasteiger partial charge >= 0.3 is 0 Å². The van der Waals surface area contributed by atoms with Crippen molar-refractivity contribution in [3.8, 4) is 0 Å². The highest BCUT2D eigenvalue weighted by Gasteiger charge is 2.46. The highest BCUT2D eigenvalue weighted by molar-refractivity contribution is 6.21. The molecule has 0 radical (unpaired) electrons. The molecule has 2 atom stereocenters. The van der Waals surface area contributed by atoms with Crippen LogP contribution >= 0.6 is 0 Å². The number of nitrogens with one attached hydrogen (secondary N) is 1. The van der Waals surface area contributed by atoms with Crippen molar-refractivity contribution in [1.29, 1.82) is 0 Å². The minimum absolute atomic E-state index is 0.0388.